The summed E-state index contributed by atoms with van der Waals surface area (Å²) in [7, 11) is 0. The molecular weight excluding hydrogens is 214 g/mol. The molecule has 1 rings (SSSR count). The molecule has 16 heavy (non-hydrogen) atoms. The van der Waals surface area contributed by atoms with Crippen LogP contribution in [-0.2, 0) is 6.42 Å². The van der Waals surface area contributed by atoms with Gasteiger partial charge in [-0.05, 0) is 31.6 Å². The van der Waals surface area contributed by atoms with Crippen LogP contribution in [0.2, 0.25) is 0 Å². The van der Waals surface area contributed by atoms with Gasteiger partial charge in [0.1, 0.15) is 0 Å². The van der Waals surface area contributed by atoms with Gasteiger partial charge < -0.3 is 5.32 Å². The molecule has 1 nitrogen and oxygen atoms in total. The largest absolute Gasteiger partial charge is 0.313 e. The molecule has 0 radical (unpaired) electrons. The van der Waals surface area contributed by atoms with Gasteiger partial charge in [0.25, 0.3) is 0 Å². The molecule has 0 aliphatic rings. The van der Waals surface area contributed by atoms with Crippen LogP contribution in [0.1, 0.15) is 24.5 Å². The maximum Gasteiger partial charge on any atom is 0.0105 e. The maximum atomic E-state index is 3.61. The van der Waals surface area contributed by atoms with E-state index >= 15 is 0 Å². The normalized spacial score (nSPS) is 12.7. The number of rotatable bonds is 7. The van der Waals surface area contributed by atoms with Gasteiger partial charge in [-0.1, -0.05) is 36.8 Å². The Morgan fingerprint density at radius 3 is 2.50 bits per heavy atom. The van der Waals surface area contributed by atoms with Crippen LogP contribution in [0.3, 0.4) is 0 Å². The zero-order valence-electron chi connectivity index (χ0n) is 10.6. The molecule has 0 heterocycles. The van der Waals surface area contributed by atoms with Gasteiger partial charge in [-0.2, -0.15) is 11.8 Å². The Morgan fingerprint density at radius 2 is 1.94 bits per heavy atom. The van der Waals surface area contributed by atoms with Crippen molar-refractivity contribution in [1.29, 1.82) is 0 Å². The molecule has 0 aromatic heterocycles. The standard InChI is InChI=1S/C14H23NS/c1-4-14(15-9-10-16-3)11-13-7-5-12(2)6-8-13/h5-8,14-15H,4,9-11H2,1-3H3. The molecule has 2 heteroatoms. The van der Waals surface area contributed by atoms with Crippen molar-refractivity contribution in [1.82, 2.24) is 5.32 Å². The zero-order chi connectivity index (χ0) is 11.8. The van der Waals surface area contributed by atoms with Gasteiger partial charge in [0.15, 0.2) is 0 Å². The van der Waals surface area contributed by atoms with Crippen LogP contribution in [-0.4, -0.2) is 24.6 Å². The molecule has 1 aromatic carbocycles. The second-order valence-electron chi connectivity index (χ2n) is 4.24. The van der Waals surface area contributed by atoms with Gasteiger partial charge >= 0.3 is 0 Å². The van der Waals surface area contributed by atoms with E-state index in [9.17, 15) is 0 Å². The lowest BCUT2D eigenvalue weighted by Gasteiger charge is -2.16. The second-order valence-corrected chi connectivity index (χ2v) is 5.23. The molecule has 0 saturated carbocycles. The molecule has 0 saturated heterocycles. The third-order valence-corrected chi connectivity index (χ3v) is 3.45. The summed E-state index contributed by atoms with van der Waals surface area (Å²) >= 11 is 1.90. The molecule has 1 atom stereocenters. The monoisotopic (exact) mass is 237 g/mol. The van der Waals surface area contributed by atoms with E-state index in [2.05, 4.69) is 49.7 Å². The molecule has 1 N–H and O–H groups in total. The number of benzene rings is 1. The lowest BCUT2D eigenvalue weighted by Crippen LogP contribution is -2.32. The van der Waals surface area contributed by atoms with Crippen LogP contribution < -0.4 is 5.32 Å². The third-order valence-electron chi connectivity index (χ3n) is 2.83. The summed E-state index contributed by atoms with van der Waals surface area (Å²) in [4.78, 5) is 0. The lowest BCUT2D eigenvalue weighted by molar-refractivity contribution is 0.512. The Kier molecular flexibility index (Phi) is 6.58. The molecular formula is C14H23NS. The number of nitrogens with one attached hydrogen (secondary N) is 1. The lowest BCUT2D eigenvalue weighted by atomic mass is 10.0. The highest BCUT2D eigenvalue weighted by Gasteiger charge is 2.05. The predicted octanol–water partition coefficient (Wildman–Crippen LogP) is 3.27. The van der Waals surface area contributed by atoms with E-state index in [1.54, 1.807) is 0 Å². The molecule has 0 aliphatic heterocycles. The first-order valence-electron chi connectivity index (χ1n) is 6.04. The van der Waals surface area contributed by atoms with Gasteiger partial charge in [0, 0.05) is 18.3 Å². The van der Waals surface area contributed by atoms with E-state index in [1.807, 2.05) is 11.8 Å². The fourth-order valence-corrected chi connectivity index (χ4v) is 2.06. The first-order chi connectivity index (χ1) is 7.76. The first kappa shape index (κ1) is 13.6. The minimum Gasteiger partial charge on any atom is -0.313 e. The SMILES string of the molecule is CCC(Cc1ccc(C)cc1)NCCSC. The minimum absolute atomic E-state index is 0.620. The molecule has 0 bridgehead atoms. The van der Waals surface area contributed by atoms with Crippen LogP contribution in [0, 0.1) is 6.92 Å². The number of hydrogen-bond donors (Lipinski definition) is 1. The van der Waals surface area contributed by atoms with E-state index in [4.69, 9.17) is 0 Å². The number of hydrogen-bond acceptors (Lipinski definition) is 2. The zero-order valence-corrected chi connectivity index (χ0v) is 11.4. The van der Waals surface area contributed by atoms with Crippen LogP contribution >= 0.6 is 11.8 Å². The van der Waals surface area contributed by atoms with Crippen molar-refractivity contribution in [3.8, 4) is 0 Å². The topological polar surface area (TPSA) is 12.0 Å². The highest BCUT2D eigenvalue weighted by molar-refractivity contribution is 7.98. The average molecular weight is 237 g/mol. The van der Waals surface area contributed by atoms with Gasteiger partial charge in [0.2, 0.25) is 0 Å². The van der Waals surface area contributed by atoms with E-state index < -0.39 is 0 Å². The van der Waals surface area contributed by atoms with Crippen molar-refractivity contribution < 1.29 is 0 Å². The first-order valence-corrected chi connectivity index (χ1v) is 7.43. The number of aryl methyl sites for hydroxylation is 1. The Bertz CT molecular complexity index is 281. The molecule has 0 spiro atoms. The Morgan fingerprint density at radius 1 is 1.25 bits per heavy atom. The summed E-state index contributed by atoms with van der Waals surface area (Å²) in [5, 5.41) is 3.61. The van der Waals surface area contributed by atoms with Crippen molar-refractivity contribution in [3.05, 3.63) is 35.4 Å². The van der Waals surface area contributed by atoms with Crippen molar-refractivity contribution in [2.45, 2.75) is 32.7 Å². The van der Waals surface area contributed by atoms with E-state index in [0.29, 0.717) is 6.04 Å². The molecule has 90 valence electrons. The molecule has 0 amide bonds. The van der Waals surface area contributed by atoms with Crippen molar-refractivity contribution >= 4 is 11.8 Å². The smallest absolute Gasteiger partial charge is 0.0105 e. The highest BCUT2D eigenvalue weighted by Crippen LogP contribution is 2.08. The van der Waals surface area contributed by atoms with E-state index in [-0.39, 0.29) is 0 Å². The summed E-state index contributed by atoms with van der Waals surface area (Å²) < 4.78 is 0. The summed E-state index contributed by atoms with van der Waals surface area (Å²) in [6.07, 6.45) is 4.50. The van der Waals surface area contributed by atoms with Crippen molar-refractivity contribution in [2.24, 2.45) is 0 Å². The Hall–Kier alpha value is -0.470. The fourth-order valence-electron chi connectivity index (χ4n) is 1.73. The van der Waals surface area contributed by atoms with Crippen molar-refractivity contribution in [3.63, 3.8) is 0 Å². The van der Waals surface area contributed by atoms with E-state index in [0.717, 1.165) is 13.0 Å². The van der Waals surface area contributed by atoms with Gasteiger partial charge in [-0.25, -0.2) is 0 Å². The summed E-state index contributed by atoms with van der Waals surface area (Å²) in [6.45, 7) is 5.51. The fraction of sp³-hybridized carbons (Fsp3) is 0.571. The van der Waals surface area contributed by atoms with Gasteiger partial charge in [0.05, 0.1) is 0 Å². The molecule has 0 fully saturated rings. The van der Waals surface area contributed by atoms with Crippen LogP contribution in [0.15, 0.2) is 24.3 Å². The summed E-state index contributed by atoms with van der Waals surface area (Å²) in [5.41, 5.74) is 2.78. The van der Waals surface area contributed by atoms with Gasteiger partial charge in [-0.15, -0.1) is 0 Å². The van der Waals surface area contributed by atoms with E-state index in [1.165, 1.54) is 23.3 Å². The molecule has 0 aliphatic carbocycles. The summed E-state index contributed by atoms with van der Waals surface area (Å²) in [6, 6.07) is 9.51. The minimum atomic E-state index is 0.620. The summed E-state index contributed by atoms with van der Waals surface area (Å²) in [5.74, 6) is 1.20. The predicted molar refractivity (Wildman–Crippen MR) is 75.3 cm³/mol. The highest BCUT2D eigenvalue weighted by atomic mass is 32.2. The Labute approximate surface area is 104 Å². The second kappa shape index (κ2) is 7.75. The quantitative estimate of drug-likeness (QED) is 0.731. The maximum absolute atomic E-state index is 3.61. The van der Waals surface area contributed by atoms with Gasteiger partial charge in [-0.3, -0.25) is 0 Å². The van der Waals surface area contributed by atoms with Crippen LogP contribution in [0.5, 0.6) is 0 Å². The Balaban J connectivity index is 2.40. The average Bonchev–Trinajstić information content (AvgIpc) is 2.31. The molecule has 1 aromatic rings. The number of thioether (sulfide) groups is 1. The van der Waals surface area contributed by atoms with Crippen LogP contribution in [0.4, 0.5) is 0 Å². The third kappa shape index (κ3) is 5.04. The van der Waals surface area contributed by atoms with Crippen LogP contribution in [0.25, 0.3) is 0 Å². The molecule has 1 unspecified atom stereocenters. The van der Waals surface area contributed by atoms with Crippen molar-refractivity contribution in [2.75, 3.05) is 18.6 Å².